The zero-order chi connectivity index (χ0) is 10.9. The first-order valence-corrected chi connectivity index (χ1v) is 5.64. The molecule has 1 aliphatic rings. The van der Waals surface area contributed by atoms with Gasteiger partial charge in [-0.3, -0.25) is 4.52 Å². The van der Waals surface area contributed by atoms with Crippen molar-refractivity contribution in [1.82, 2.24) is 0 Å². The highest BCUT2D eigenvalue weighted by Gasteiger charge is 2.33. The third kappa shape index (κ3) is 3.37. The van der Waals surface area contributed by atoms with Crippen LogP contribution in [0.4, 0.5) is 0 Å². The standard InChI is InChI=1S/C7H15O5P/c1-5-3-4-11-7(5)6(2)12-13(8,9)10/h5-7H,3-4H2,1-2H3,(H2,8,9,10)/t5-,6+,7-/m0/s1/i4T/t4-,5+,6-,7+/m1. The maximum Gasteiger partial charge on any atom is 0.469 e. The van der Waals surface area contributed by atoms with Gasteiger partial charge in [-0.05, 0) is 19.3 Å². The molecule has 78 valence electrons. The minimum atomic E-state index is -4.46. The van der Waals surface area contributed by atoms with E-state index in [1.165, 1.54) is 6.92 Å². The van der Waals surface area contributed by atoms with Gasteiger partial charge in [-0.25, -0.2) is 4.57 Å². The average molecular weight is 212 g/mol. The lowest BCUT2D eigenvalue weighted by Crippen LogP contribution is -2.29. The molecule has 0 amide bonds. The van der Waals surface area contributed by atoms with Crippen LogP contribution in [0, 0.1) is 5.92 Å². The van der Waals surface area contributed by atoms with E-state index in [-0.39, 0.29) is 5.92 Å². The number of hydrogen-bond donors (Lipinski definition) is 2. The first-order chi connectivity index (χ1) is 6.29. The van der Waals surface area contributed by atoms with Crippen molar-refractivity contribution in [3.05, 3.63) is 0 Å². The molecule has 0 spiro atoms. The summed E-state index contributed by atoms with van der Waals surface area (Å²) in [7, 11) is -4.46. The van der Waals surface area contributed by atoms with Crippen LogP contribution in [0.15, 0.2) is 0 Å². The summed E-state index contributed by atoms with van der Waals surface area (Å²) in [5.74, 6) is 0.0825. The molecule has 13 heavy (non-hydrogen) atoms. The van der Waals surface area contributed by atoms with Crippen LogP contribution in [0.1, 0.15) is 21.6 Å². The van der Waals surface area contributed by atoms with Gasteiger partial charge >= 0.3 is 7.82 Å². The lowest BCUT2D eigenvalue weighted by molar-refractivity contribution is -0.00684. The minimum Gasteiger partial charge on any atom is -0.375 e. The molecule has 0 radical (unpaired) electrons. The molecule has 0 bridgehead atoms. The summed E-state index contributed by atoms with van der Waals surface area (Å²) in [5.41, 5.74) is 0. The van der Waals surface area contributed by atoms with Gasteiger partial charge in [-0.1, -0.05) is 6.92 Å². The summed E-state index contributed by atoms with van der Waals surface area (Å²) in [6.45, 7) is 2.80. The van der Waals surface area contributed by atoms with Crippen LogP contribution in [0.2, 0.25) is 0 Å². The van der Waals surface area contributed by atoms with E-state index in [9.17, 15) is 4.57 Å². The summed E-state index contributed by atoms with van der Waals surface area (Å²) < 4.78 is 27.6. The van der Waals surface area contributed by atoms with Gasteiger partial charge in [0, 0.05) is 6.58 Å². The van der Waals surface area contributed by atoms with Crippen LogP contribution in [-0.4, -0.2) is 28.6 Å². The fourth-order valence-corrected chi connectivity index (χ4v) is 1.99. The van der Waals surface area contributed by atoms with Gasteiger partial charge in [0.05, 0.1) is 13.6 Å². The third-order valence-electron chi connectivity index (χ3n) is 2.05. The zero-order valence-electron chi connectivity index (χ0n) is 8.58. The van der Waals surface area contributed by atoms with E-state index in [0.29, 0.717) is 6.42 Å². The van der Waals surface area contributed by atoms with E-state index in [1.54, 1.807) is 0 Å². The van der Waals surface area contributed by atoms with Crippen molar-refractivity contribution in [1.29, 1.82) is 0 Å². The van der Waals surface area contributed by atoms with E-state index in [0.717, 1.165) is 0 Å². The fourth-order valence-electron chi connectivity index (χ4n) is 1.44. The van der Waals surface area contributed by atoms with Crippen molar-refractivity contribution < 1.29 is 25.0 Å². The molecule has 0 saturated carbocycles. The Kier molecular flexibility index (Phi) is 3.01. The first-order valence-electron chi connectivity index (χ1n) is 4.69. The zero-order valence-corrected chi connectivity index (χ0v) is 8.48. The fraction of sp³-hybridized carbons (Fsp3) is 1.00. The lowest BCUT2D eigenvalue weighted by Gasteiger charge is -2.22. The summed E-state index contributed by atoms with van der Waals surface area (Å²) in [5, 5.41) is 0. The van der Waals surface area contributed by atoms with Crippen molar-refractivity contribution in [2.45, 2.75) is 32.5 Å². The number of rotatable bonds is 3. The number of hydrogen-bond acceptors (Lipinski definition) is 3. The van der Waals surface area contributed by atoms with Crippen LogP contribution in [-0.2, 0) is 13.8 Å². The van der Waals surface area contributed by atoms with E-state index in [4.69, 9.17) is 15.9 Å². The number of ether oxygens (including phenoxy) is 1. The summed E-state index contributed by atoms with van der Waals surface area (Å²) in [4.78, 5) is 17.2. The maximum atomic E-state index is 10.6. The van der Waals surface area contributed by atoms with Gasteiger partial charge in [0.2, 0.25) is 0 Å². The van der Waals surface area contributed by atoms with Crippen LogP contribution in [0.25, 0.3) is 0 Å². The largest absolute Gasteiger partial charge is 0.469 e. The van der Waals surface area contributed by atoms with Gasteiger partial charge in [0.1, 0.15) is 0 Å². The Hall–Kier alpha value is 0.0700. The number of phosphoric acid groups is 1. The molecule has 4 atom stereocenters. The molecule has 0 unspecified atom stereocenters. The third-order valence-corrected chi connectivity index (χ3v) is 2.66. The molecular formula is C7H15O5P. The normalized spacial score (nSPS) is 38.8. The Morgan fingerprint density at radius 3 is 2.77 bits per heavy atom. The van der Waals surface area contributed by atoms with Gasteiger partial charge in [0.15, 0.2) is 0 Å². The highest BCUT2D eigenvalue weighted by Crippen LogP contribution is 2.40. The van der Waals surface area contributed by atoms with E-state index in [1.807, 2.05) is 6.92 Å². The second-order valence-electron chi connectivity index (χ2n) is 3.28. The van der Waals surface area contributed by atoms with Crippen molar-refractivity contribution in [3.8, 4) is 0 Å². The van der Waals surface area contributed by atoms with E-state index < -0.39 is 26.6 Å². The molecule has 0 aliphatic carbocycles. The maximum absolute atomic E-state index is 10.6. The molecule has 1 aliphatic heterocycles. The van der Waals surface area contributed by atoms with Crippen molar-refractivity contribution in [3.63, 3.8) is 0 Å². The highest BCUT2D eigenvalue weighted by molar-refractivity contribution is 7.46. The lowest BCUT2D eigenvalue weighted by atomic mass is 10.0. The van der Waals surface area contributed by atoms with E-state index >= 15 is 0 Å². The summed E-state index contributed by atoms with van der Waals surface area (Å²) in [6.07, 6.45) is -0.536. The monoisotopic (exact) mass is 212 g/mol. The SMILES string of the molecule is [3H][C@@H]1C[C@H](C)[C@@H]([C@@H](C)OP(=O)(O)O)O1. The van der Waals surface area contributed by atoms with Crippen LogP contribution >= 0.6 is 7.82 Å². The van der Waals surface area contributed by atoms with Crippen molar-refractivity contribution >= 4 is 7.82 Å². The summed E-state index contributed by atoms with van der Waals surface area (Å²) >= 11 is 0. The molecule has 0 aromatic carbocycles. The molecule has 5 nitrogen and oxygen atoms in total. The average Bonchev–Trinajstić information content (AvgIpc) is 2.26. The smallest absolute Gasteiger partial charge is 0.375 e. The molecule has 0 aromatic rings. The van der Waals surface area contributed by atoms with Crippen molar-refractivity contribution in [2.75, 3.05) is 6.58 Å². The van der Waals surface area contributed by atoms with E-state index in [2.05, 4.69) is 4.52 Å². The quantitative estimate of drug-likeness (QED) is 0.680. The molecular weight excluding hydrogens is 195 g/mol. The van der Waals surface area contributed by atoms with Gasteiger partial charge in [0.25, 0.3) is 0 Å². The highest BCUT2D eigenvalue weighted by atomic mass is 31.2. The van der Waals surface area contributed by atoms with Gasteiger partial charge in [-0.2, -0.15) is 0 Å². The minimum absolute atomic E-state index is 0.0825. The second kappa shape index (κ2) is 4.07. The topological polar surface area (TPSA) is 76.0 Å². The number of phosphoric ester groups is 1. The van der Waals surface area contributed by atoms with Gasteiger partial charge < -0.3 is 14.5 Å². The van der Waals surface area contributed by atoms with Crippen LogP contribution in [0.3, 0.4) is 0 Å². The molecule has 0 aromatic heterocycles. The Morgan fingerprint density at radius 2 is 2.38 bits per heavy atom. The molecule has 2 N–H and O–H groups in total. The Bertz CT molecular complexity index is 242. The Morgan fingerprint density at radius 1 is 1.77 bits per heavy atom. The molecule has 6 heteroatoms. The second-order valence-corrected chi connectivity index (χ2v) is 4.47. The molecule has 1 fully saturated rings. The van der Waals surface area contributed by atoms with Crippen molar-refractivity contribution in [2.24, 2.45) is 5.92 Å². The molecule has 1 heterocycles. The van der Waals surface area contributed by atoms with Crippen LogP contribution in [0.5, 0.6) is 0 Å². The predicted octanol–water partition coefficient (Wildman–Crippen LogP) is 0.909. The first kappa shape index (κ1) is 9.62. The molecule has 1 rings (SSSR count). The predicted molar refractivity (Wildman–Crippen MR) is 46.1 cm³/mol. The van der Waals surface area contributed by atoms with Crippen LogP contribution < -0.4 is 0 Å². The summed E-state index contributed by atoms with van der Waals surface area (Å²) in [6, 6.07) is 0. The Balaban J connectivity index is 2.53. The molecule has 1 saturated heterocycles. The van der Waals surface area contributed by atoms with Gasteiger partial charge in [-0.15, -0.1) is 0 Å². The Labute approximate surface area is 78.7 Å².